The molecule has 5 N–H and O–H groups in total. The van der Waals surface area contributed by atoms with Crippen LogP contribution in [0.5, 0.6) is 0 Å². The Morgan fingerprint density at radius 1 is 0.895 bits per heavy atom. The predicted octanol–water partition coefficient (Wildman–Crippen LogP) is 0.480. The second-order valence-electron chi connectivity index (χ2n) is 8.68. The molecule has 218 valence electrons. The van der Waals surface area contributed by atoms with E-state index in [1.807, 2.05) is 0 Å². The number of primary amides is 1. The molecule has 0 heterocycles. The van der Waals surface area contributed by atoms with Crippen molar-refractivity contribution in [3.8, 4) is 0 Å². The number of nitrogens with two attached hydrogens (primary N) is 2. The monoisotopic (exact) mass is 562 g/mol. The standard InChI is InChI=1S/C25H42N2O10S/c1-3-24(33)36-14-19(37-25(34)4-2)15-38-16-20(26)22(31)11-17(12-28)21(30)8-6-10-35-13-18(29)7-5-9-23(27)32/h17,19-20,28H,3-16,26H2,1-2H3,(H2,27,32). The van der Waals surface area contributed by atoms with Crippen molar-refractivity contribution in [3.05, 3.63) is 0 Å². The minimum atomic E-state index is -0.897. The van der Waals surface area contributed by atoms with Crippen LogP contribution >= 0.6 is 11.8 Å². The average Bonchev–Trinajstić information content (AvgIpc) is 2.88. The van der Waals surface area contributed by atoms with Gasteiger partial charge < -0.3 is 30.8 Å². The summed E-state index contributed by atoms with van der Waals surface area (Å²) in [7, 11) is 0. The zero-order valence-electron chi connectivity index (χ0n) is 22.3. The lowest BCUT2D eigenvalue weighted by Crippen LogP contribution is -2.37. The lowest BCUT2D eigenvalue weighted by Gasteiger charge is -2.19. The van der Waals surface area contributed by atoms with E-state index in [9.17, 15) is 33.9 Å². The fourth-order valence-corrected chi connectivity index (χ4v) is 4.04. The first-order valence-electron chi connectivity index (χ1n) is 12.8. The molecule has 0 aromatic rings. The summed E-state index contributed by atoms with van der Waals surface area (Å²) < 4.78 is 15.5. The Bertz CT molecular complexity index is 777. The molecule has 12 nitrogen and oxygen atoms in total. The van der Waals surface area contributed by atoms with Gasteiger partial charge in [-0.1, -0.05) is 13.8 Å². The van der Waals surface area contributed by atoms with Gasteiger partial charge in [-0.15, -0.1) is 0 Å². The molecule has 0 bridgehead atoms. The Kier molecular flexibility index (Phi) is 20.2. The van der Waals surface area contributed by atoms with Crippen LogP contribution in [0, 0.1) is 5.92 Å². The van der Waals surface area contributed by atoms with E-state index in [0.29, 0.717) is 12.8 Å². The lowest BCUT2D eigenvalue weighted by molar-refractivity contribution is -0.157. The van der Waals surface area contributed by atoms with E-state index in [2.05, 4.69) is 0 Å². The van der Waals surface area contributed by atoms with Gasteiger partial charge in [0.05, 0.1) is 12.6 Å². The van der Waals surface area contributed by atoms with E-state index in [1.165, 1.54) is 11.8 Å². The third-order valence-corrected chi connectivity index (χ3v) is 6.50. The number of hydrogen-bond acceptors (Lipinski definition) is 12. The molecule has 0 saturated carbocycles. The van der Waals surface area contributed by atoms with E-state index < -0.39 is 42.5 Å². The van der Waals surface area contributed by atoms with Gasteiger partial charge in [-0.3, -0.25) is 28.8 Å². The zero-order valence-corrected chi connectivity index (χ0v) is 23.1. The van der Waals surface area contributed by atoms with E-state index in [0.717, 1.165) is 0 Å². The SMILES string of the molecule is CCC(=O)OCC(CSCC(N)C(=O)CC(CO)C(=O)CCCOCC(=O)CCCC(N)=O)OC(=O)CC. The molecule has 3 unspecified atom stereocenters. The highest BCUT2D eigenvalue weighted by Crippen LogP contribution is 2.14. The number of Topliss-reactive ketones (excluding diaryl/α,β-unsaturated/α-hetero) is 3. The molecule has 0 radical (unpaired) electrons. The van der Waals surface area contributed by atoms with Crippen LogP contribution in [0.1, 0.15) is 65.2 Å². The maximum absolute atomic E-state index is 12.5. The quantitative estimate of drug-likeness (QED) is 0.109. The fourth-order valence-electron chi connectivity index (χ4n) is 3.04. The van der Waals surface area contributed by atoms with Gasteiger partial charge in [0, 0.05) is 62.6 Å². The summed E-state index contributed by atoms with van der Waals surface area (Å²) in [6.07, 6.45) is 0.548. The van der Waals surface area contributed by atoms with Gasteiger partial charge in [0.25, 0.3) is 0 Å². The van der Waals surface area contributed by atoms with Gasteiger partial charge in [0.2, 0.25) is 5.91 Å². The maximum atomic E-state index is 12.5. The Labute approximate surface area is 227 Å². The van der Waals surface area contributed by atoms with Crippen molar-refractivity contribution >= 4 is 47.0 Å². The summed E-state index contributed by atoms with van der Waals surface area (Å²) in [6.45, 7) is 2.73. The predicted molar refractivity (Wildman–Crippen MR) is 140 cm³/mol. The molecular formula is C25H42N2O10S. The molecule has 0 aliphatic carbocycles. The molecular weight excluding hydrogens is 520 g/mol. The summed E-state index contributed by atoms with van der Waals surface area (Å²) in [4.78, 5) is 70.2. The Balaban J connectivity index is 4.38. The number of amides is 1. The second kappa shape index (κ2) is 21.6. The van der Waals surface area contributed by atoms with Gasteiger partial charge >= 0.3 is 11.9 Å². The average molecular weight is 563 g/mol. The molecule has 1 amide bonds. The van der Waals surface area contributed by atoms with Gasteiger partial charge in [0.1, 0.15) is 25.1 Å². The number of rotatable bonds is 24. The third kappa shape index (κ3) is 18.0. The number of esters is 2. The van der Waals surface area contributed by atoms with E-state index in [4.69, 9.17) is 25.7 Å². The number of carbonyl (C=O) groups is 6. The second-order valence-corrected chi connectivity index (χ2v) is 9.75. The molecule has 0 aromatic carbocycles. The lowest BCUT2D eigenvalue weighted by atomic mass is 9.93. The number of carbonyl (C=O) groups excluding carboxylic acids is 6. The topological polar surface area (TPSA) is 202 Å². The van der Waals surface area contributed by atoms with Crippen molar-refractivity contribution < 1.29 is 48.1 Å². The Morgan fingerprint density at radius 3 is 2.18 bits per heavy atom. The van der Waals surface area contributed by atoms with Crippen LogP contribution in [-0.2, 0) is 43.0 Å². The number of ether oxygens (including phenoxy) is 3. The first-order valence-corrected chi connectivity index (χ1v) is 13.9. The van der Waals surface area contributed by atoms with Gasteiger partial charge in [-0.2, -0.15) is 11.8 Å². The molecule has 0 fully saturated rings. The van der Waals surface area contributed by atoms with Crippen LogP contribution in [0.3, 0.4) is 0 Å². The highest BCUT2D eigenvalue weighted by atomic mass is 32.2. The van der Waals surface area contributed by atoms with Gasteiger partial charge in [-0.25, -0.2) is 0 Å². The van der Waals surface area contributed by atoms with Crippen LogP contribution in [0.2, 0.25) is 0 Å². The molecule has 0 aliphatic rings. The maximum Gasteiger partial charge on any atom is 0.305 e. The fraction of sp³-hybridized carbons (Fsp3) is 0.760. The molecule has 13 heteroatoms. The zero-order chi connectivity index (χ0) is 28.9. The van der Waals surface area contributed by atoms with E-state index >= 15 is 0 Å². The highest BCUT2D eigenvalue weighted by molar-refractivity contribution is 7.99. The number of hydrogen-bond donors (Lipinski definition) is 3. The van der Waals surface area contributed by atoms with Crippen molar-refractivity contribution in [1.82, 2.24) is 0 Å². The van der Waals surface area contributed by atoms with Crippen LogP contribution < -0.4 is 11.5 Å². The van der Waals surface area contributed by atoms with E-state index in [1.54, 1.807) is 13.8 Å². The van der Waals surface area contributed by atoms with Crippen molar-refractivity contribution in [2.75, 3.05) is 37.9 Å². The van der Waals surface area contributed by atoms with Crippen molar-refractivity contribution in [2.45, 2.75) is 77.4 Å². The summed E-state index contributed by atoms with van der Waals surface area (Å²) in [6, 6.07) is -0.897. The Hall–Kier alpha value is -2.35. The van der Waals surface area contributed by atoms with Crippen molar-refractivity contribution in [3.63, 3.8) is 0 Å². The molecule has 0 aliphatic heterocycles. The van der Waals surface area contributed by atoms with Crippen LogP contribution in [-0.4, -0.2) is 90.4 Å². The highest BCUT2D eigenvalue weighted by Gasteiger charge is 2.25. The van der Waals surface area contributed by atoms with Crippen LogP contribution in [0.25, 0.3) is 0 Å². The summed E-state index contributed by atoms with van der Waals surface area (Å²) >= 11 is 1.25. The normalized spacial score (nSPS) is 13.3. The van der Waals surface area contributed by atoms with E-state index in [-0.39, 0.29) is 87.2 Å². The molecule has 0 spiro atoms. The van der Waals surface area contributed by atoms with Crippen molar-refractivity contribution in [2.24, 2.45) is 17.4 Å². The number of aliphatic hydroxyl groups is 1. The smallest absolute Gasteiger partial charge is 0.305 e. The van der Waals surface area contributed by atoms with Crippen molar-refractivity contribution in [1.29, 1.82) is 0 Å². The minimum Gasteiger partial charge on any atom is -0.462 e. The molecule has 3 atom stereocenters. The largest absolute Gasteiger partial charge is 0.462 e. The molecule has 0 aromatic heterocycles. The number of ketones is 3. The third-order valence-electron chi connectivity index (χ3n) is 5.30. The molecule has 0 rings (SSSR count). The molecule has 0 saturated heterocycles. The van der Waals surface area contributed by atoms with Crippen LogP contribution in [0.4, 0.5) is 0 Å². The number of aliphatic hydroxyl groups excluding tert-OH is 1. The summed E-state index contributed by atoms with van der Waals surface area (Å²) in [5, 5.41) is 9.59. The van der Waals surface area contributed by atoms with Gasteiger partial charge in [0.15, 0.2) is 11.6 Å². The molecule has 38 heavy (non-hydrogen) atoms. The Morgan fingerprint density at radius 2 is 1.58 bits per heavy atom. The summed E-state index contributed by atoms with van der Waals surface area (Å²) in [5.74, 6) is -2.62. The van der Waals surface area contributed by atoms with Gasteiger partial charge in [-0.05, 0) is 12.8 Å². The summed E-state index contributed by atoms with van der Waals surface area (Å²) in [5.41, 5.74) is 11.0. The minimum absolute atomic E-state index is 0.0688. The first kappa shape index (κ1) is 35.6. The first-order chi connectivity index (χ1) is 18.0. The van der Waals surface area contributed by atoms with Crippen LogP contribution in [0.15, 0.2) is 0 Å². The number of thioether (sulfide) groups is 1.